The van der Waals surface area contributed by atoms with E-state index in [2.05, 4.69) is 74.0 Å². The average Bonchev–Trinajstić information content (AvgIpc) is 2.48. The van der Waals surface area contributed by atoms with Crippen molar-refractivity contribution in [3.63, 3.8) is 0 Å². The maximum Gasteiger partial charge on any atom is 0.0486 e. The molecule has 0 heterocycles. The van der Waals surface area contributed by atoms with E-state index in [0.29, 0.717) is 6.04 Å². The topological polar surface area (TPSA) is 12.0 Å². The van der Waals surface area contributed by atoms with Gasteiger partial charge in [0.1, 0.15) is 0 Å². The standard InChI is InChI=1S/C17H21NS/c1-4-14-9-11-15(12-10-14)13(2)18-16-7-5-6-8-17(16)19-3/h5-13,18H,4H2,1-3H3. The van der Waals surface area contributed by atoms with Crippen molar-refractivity contribution >= 4 is 17.4 Å². The third kappa shape index (κ3) is 3.54. The van der Waals surface area contributed by atoms with E-state index in [4.69, 9.17) is 0 Å². The van der Waals surface area contributed by atoms with Gasteiger partial charge in [-0.25, -0.2) is 0 Å². The van der Waals surface area contributed by atoms with Gasteiger partial charge in [-0.15, -0.1) is 11.8 Å². The summed E-state index contributed by atoms with van der Waals surface area (Å²) in [5, 5.41) is 3.59. The second-order valence-corrected chi connectivity index (χ2v) is 5.51. The first-order valence-corrected chi connectivity index (χ1v) is 7.95. The molecular formula is C17H21NS. The van der Waals surface area contributed by atoms with Gasteiger partial charge in [0.15, 0.2) is 0 Å². The minimum Gasteiger partial charge on any atom is -0.378 e. The van der Waals surface area contributed by atoms with Crippen LogP contribution in [0.2, 0.25) is 0 Å². The quantitative estimate of drug-likeness (QED) is 0.755. The summed E-state index contributed by atoms with van der Waals surface area (Å²) in [6.07, 6.45) is 3.21. The van der Waals surface area contributed by atoms with Crippen LogP contribution in [-0.4, -0.2) is 6.26 Å². The summed E-state index contributed by atoms with van der Waals surface area (Å²) in [4.78, 5) is 1.29. The fraction of sp³-hybridized carbons (Fsp3) is 0.294. The Bertz CT molecular complexity index is 519. The molecular weight excluding hydrogens is 250 g/mol. The number of para-hydroxylation sites is 1. The van der Waals surface area contributed by atoms with Crippen LogP contribution < -0.4 is 5.32 Å². The third-order valence-corrected chi connectivity index (χ3v) is 4.16. The summed E-state index contributed by atoms with van der Waals surface area (Å²) >= 11 is 1.78. The minimum absolute atomic E-state index is 0.319. The molecule has 0 spiro atoms. The van der Waals surface area contributed by atoms with E-state index in [9.17, 15) is 0 Å². The molecule has 1 unspecified atom stereocenters. The summed E-state index contributed by atoms with van der Waals surface area (Å²) in [6.45, 7) is 4.39. The number of hydrogen-bond acceptors (Lipinski definition) is 2. The first-order chi connectivity index (χ1) is 9.24. The summed E-state index contributed by atoms with van der Waals surface area (Å²) < 4.78 is 0. The Kier molecular flexibility index (Phi) is 4.92. The van der Waals surface area contributed by atoms with E-state index in [0.717, 1.165) is 6.42 Å². The Labute approximate surface area is 120 Å². The van der Waals surface area contributed by atoms with Crippen LogP contribution in [0.3, 0.4) is 0 Å². The first kappa shape index (κ1) is 14.0. The van der Waals surface area contributed by atoms with Crippen molar-refractivity contribution in [2.75, 3.05) is 11.6 Å². The van der Waals surface area contributed by atoms with Gasteiger partial charge in [-0.3, -0.25) is 0 Å². The molecule has 0 aliphatic carbocycles. The van der Waals surface area contributed by atoms with E-state index in [1.807, 2.05) is 0 Å². The summed E-state index contributed by atoms with van der Waals surface area (Å²) in [7, 11) is 0. The van der Waals surface area contributed by atoms with Crippen LogP contribution in [0.4, 0.5) is 5.69 Å². The van der Waals surface area contributed by atoms with E-state index < -0.39 is 0 Å². The normalized spacial score (nSPS) is 12.2. The SMILES string of the molecule is CCc1ccc(C(C)Nc2ccccc2SC)cc1. The Morgan fingerprint density at radius 1 is 1.05 bits per heavy atom. The number of hydrogen-bond donors (Lipinski definition) is 1. The molecule has 0 aliphatic rings. The largest absolute Gasteiger partial charge is 0.378 e. The van der Waals surface area contributed by atoms with Crippen molar-refractivity contribution in [1.82, 2.24) is 0 Å². The molecule has 0 saturated heterocycles. The molecule has 0 saturated carbocycles. The predicted octanol–water partition coefficient (Wildman–Crippen LogP) is 5.14. The molecule has 1 nitrogen and oxygen atoms in total. The lowest BCUT2D eigenvalue weighted by molar-refractivity contribution is 0.877. The van der Waals surface area contributed by atoms with E-state index >= 15 is 0 Å². The predicted molar refractivity (Wildman–Crippen MR) is 86.1 cm³/mol. The molecule has 0 radical (unpaired) electrons. The Balaban J connectivity index is 2.13. The van der Waals surface area contributed by atoms with Crippen molar-refractivity contribution < 1.29 is 0 Å². The number of nitrogens with one attached hydrogen (secondary N) is 1. The van der Waals surface area contributed by atoms with Crippen LogP contribution >= 0.6 is 11.8 Å². The van der Waals surface area contributed by atoms with Crippen molar-refractivity contribution in [2.24, 2.45) is 0 Å². The van der Waals surface area contributed by atoms with Crippen molar-refractivity contribution in [1.29, 1.82) is 0 Å². The highest BCUT2D eigenvalue weighted by molar-refractivity contribution is 7.98. The lowest BCUT2D eigenvalue weighted by Gasteiger charge is -2.18. The number of rotatable bonds is 5. The zero-order chi connectivity index (χ0) is 13.7. The van der Waals surface area contributed by atoms with Crippen molar-refractivity contribution in [2.45, 2.75) is 31.2 Å². The fourth-order valence-corrected chi connectivity index (χ4v) is 2.68. The molecule has 0 bridgehead atoms. The molecule has 0 aliphatic heterocycles. The van der Waals surface area contributed by atoms with Gasteiger partial charge in [0.2, 0.25) is 0 Å². The summed E-state index contributed by atoms with van der Waals surface area (Å²) in [5.41, 5.74) is 3.93. The smallest absolute Gasteiger partial charge is 0.0486 e. The van der Waals surface area contributed by atoms with Crippen molar-refractivity contribution in [3.8, 4) is 0 Å². The molecule has 100 valence electrons. The molecule has 1 N–H and O–H groups in total. The van der Waals surface area contributed by atoms with Gasteiger partial charge in [-0.2, -0.15) is 0 Å². The monoisotopic (exact) mass is 271 g/mol. The van der Waals surface area contributed by atoms with Gasteiger partial charge in [0.25, 0.3) is 0 Å². The first-order valence-electron chi connectivity index (χ1n) is 6.73. The van der Waals surface area contributed by atoms with Crippen LogP contribution in [-0.2, 0) is 6.42 Å². The number of thioether (sulfide) groups is 1. The molecule has 2 rings (SSSR count). The average molecular weight is 271 g/mol. The number of anilines is 1. The van der Waals surface area contributed by atoms with Gasteiger partial charge in [0.05, 0.1) is 0 Å². The molecule has 2 aromatic carbocycles. The maximum atomic E-state index is 3.59. The highest BCUT2D eigenvalue weighted by Gasteiger charge is 2.07. The molecule has 0 amide bonds. The van der Waals surface area contributed by atoms with E-state index in [1.165, 1.54) is 21.7 Å². The summed E-state index contributed by atoms with van der Waals surface area (Å²) in [5.74, 6) is 0. The van der Waals surface area contributed by atoms with Crippen LogP contribution in [0.5, 0.6) is 0 Å². The van der Waals surface area contributed by atoms with Gasteiger partial charge in [0, 0.05) is 16.6 Å². The Morgan fingerprint density at radius 2 is 1.74 bits per heavy atom. The summed E-state index contributed by atoms with van der Waals surface area (Å²) in [6, 6.07) is 17.6. The minimum atomic E-state index is 0.319. The molecule has 0 fully saturated rings. The zero-order valence-electron chi connectivity index (χ0n) is 11.8. The van der Waals surface area contributed by atoms with Gasteiger partial charge >= 0.3 is 0 Å². The van der Waals surface area contributed by atoms with E-state index in [-0.39, 0.29) is 0 Å². The van der Waals surface area contributed by atoms with Gasteiger partial charge < -0.3 is 5.32 Å². The third-order valence-electron chi connectivity index (χ3n) is 3.37. The fourth-order valence-electron chi connectivity index (χ4n) is 2.12. The number of aryl methyl sites for hydroxylation is 1. The van der Waals surface area contributed by atoms with Crippen LogP contribution in [0.15, 0.2) is 53.4 Å². The molecule has 19 heavy (non-hydrogen) atoms. The zero-order valence-corrected chi connectivity index (χ0v) is 12.6. The second kappa shape index (κ2) is 6.67. The molecule has 1 atom stereocenters. The molecule has 0 aromatic heterocycles. The number of benzene rings is 2. The van der Waals surface area contributed by atoms with Gasteiger partial charge in [-0.1, -0.05) is 43.3 Å². The van der Waals surface area contributed by atoms with Crippen LogP contribution in [0.25, 0.3) is 0 Å². The maximum absolute atomic E-state index is 3.59. The van der Waals surface area contributed by atoms with Crippen LogP contribution in [0.1, 0.15) is 31.0 Å². The Morgan fingerprint density at radius 3 is 2.37 bits per heavy atom. The lowest BCUT2D eigenvalue weighted by Crippen LogP contribution is -2.07. The highest BCUT2D eigenvalue weighted by Crippen LogP contribution is 2.28. The lowest BCUT2D eigenvalue weighted by atomic mass is 10.0. The Hall–Kier alpha value is -1.41. The van der Waals surface area contributed by atoms with E-state index in [1.54, 1.807) is 11.8 Å². The van der Waals surface area contributed by atoms with Crippen LogP contribution in [0, 0.1) is 0 Å². The van der Waals surface area contributed by atoms with Gasteiger partial charge in [-0.05, 0) is 42.9 Å². The molecule has 2 aromatic rings. The molecule has 2 heteroatoms. The second-order valence-electron chi connectivity index (χ2n) is 4.66. The van der Waals surface area contributed by atoms with Crippen molar-refractivity contribution in [3.05, 3.63) is 59.7 Å². The highest BCUT2D eigenvalue weighted by atomic mass is 32.2.